The molecular weight excluding hydrogens is 737 g/mol. The molecule has 0 radical (unpaired) electrons. The topological polar surface area (TPSA) is 221 Å². The fourth-order valence-corrected chi connectivity index (χ4v) is 7.44. The van der Waals surface area contributed by atoms with Crippen LogP contribution in [0.25, 0.3) is 11.1 Å². The van der Waals surface area contributed by atoms with Crippen molar-refractivity contribution in [1.29, 1.82) is 5.26 Å². The summed E-state index contributed by atoms with van der Waals surface area (Å²) in [5.41, 5.74) is 22.1. The van der Waals surface area contributed by atoms with Crippen LogP contribution in [-0.2, 0) is 25.6 Å². The van der Waals surface area contributed by atoms with Crippen LogP contribution in [0.5, 0.6) is 11.5 Å². The number of ether oxygens (including phenoxy) is 2. The maximum Gasteiger partial charge on any atom is 0.226 e. The maximum atomic E-state index is 14.7. The van der Waals surface area contributed by atoms with E-state index in [1.165, 1.54) is 4.90 Å². The lowest BCUT2D eigenvalue weighted by Crippen LogP contribution is -2.45. The summed E-state index contributed by atoms with van der Waals surface area (Å²) >= 11 is 0. The SMILES string of the molecule is Cc1ccc(C(=O)C[C@@H](CCCCN)C(=O)N(C)[C@@H]2C(=O)C[C@@H](C)C(=O)N[C@H](C(=O)CCC#N)Cc3ccc(OCCN)c(c3)-c3cc2ccc3OCCN)c(C)c1. The number of rotatable bonds is 18. The van der Waals surface area contributed by atoms with Gasteiger partial charge >= 0.3 is 0 Å². The number of fused-ring (bicyclic) bond motifs is 5. The normalized spacial score (nSPS) is 17.3. The maximum absolute atomic E-state index is 14.7. The molecule has 0 saturated heterocycles. The second-order valence-electron chi connectivity index (χ2n) is 15.1. The highest BCUT2D eigenvalue weighted by Crippen LogP contribution is 2.41. The Morgan fingerprint density at radius 2 is 1.57 bits per heavy atom. The Bertz CT molecular complexity index is 1990. The first-order chi connectivity index (χ1) is 27.8. The van der Waals surface area contributed by atoms with Crippen LogP contribution in [-0.4, -0.2) is 80.0 Å². The quantitative estimate of drug-likeness (QED) is 0.102. The molecule has 0 unspecified atom stereocenters. The molecule has 1 heterocycles. The number of carbonyl (C=O) groups is 5. The average Bonchev–Trinajstić information content (AvgIpc) is 3.20. The molecule has 4 bridgehead atoms. The molecule has 58 heavy (non-hydrogen) atoms. The second-order valence-corrected chi connectivity index (χ2v) is 15.1. The number of benzene rings is 3. The van der Waals surface area contributed by atoms with E-state index in [1.807, 2.05) is 38.1 Å². The highest BCUT2D eigenvalue weighted by molar-refractivity contribution is 6.01. The molecule has 13 nitrogen and oxygen atoms in total. The first kappa shape index (κ1) is 45.3. The largest absolute Gasteiger partial charge is 0.492 e. The van der Waals surface area contributed by atoms with E-state index in [-0.39, 0.29) is 70.0 Å². The molecule has 0 aromatic heterocycles. The van der Waals surface area contributed by atoms with E-state index < -0.39 is 41.5 Å². The minimum absolute atomic E-state index is 0.0174. The van der Waals surface area contributed by atoms with Gasteiger partial charge in [-0.05, 0) is 80.6 Å². The van der Waals surface area contributed by atoms with E-state index in [9.17, 15) is 29.2 Å². The van der Waals surface area contributed by atoms with Gasteiger partial charge in [-0.15, -0.1) is 0 Å². The number of carbonyl (C=O) groups excluding carboxylic acids is 5. The zero-order chi connectivity index (χ0) is 42.4. The van der Waals surface area contributed by atoms with Crippen molar-refractivity contribution >= 4 is 29.2 Å². The van der Waals surface area contributed by atoms with Gasteiger partial charge in [-0.3, -0.25) is 24.0 Å². The summed E-state index contributed by atoms with van der Waals surface area (Å²) in [6.07, 6.45) is 1.34. The smallest absolute Gasteiger partial charge is 0.226 e. The molecule has 0 spiro atoms. The molecule has 310 valence electrons. The van der Waals surface area contributed by atoms with Crippen LogP contribution >= 0.6 is 0 Å². The Labute approximate surface area is 341 Å². The first-order valence-electron chi connectivity index (χ1n) is 20.1. The summed E-state index contributed by atoms with van der Waals surface area (Å²) in [6, 6.07) is 16.0. The van der Waals surface area contributed by atoms with Crippen LogP contribution in [0.15, 0.2) is 54.6 Å². The number of nitrogens with two attached hydrogens (primary N) is 3. The number of nitrogens with zero attached hydrogens (tertiary/aromatic N) is 2. The van der Waals surface area contributed by atoms with Crippen molar-refractivity contribution in [2.75, 3.05) is 39.9 Å². The molecule has 0 aliphatic carbocycles. The molecule has 3 aromatic rings. The highest BCUT2D eigenvalue weighted by atomic mass is 16.5. The average molecular weight is 795 g/mol. The van der Waals surface area contributed by atoms with E-state index in [1.54, 1.807) is 50.4 Å². The predicted molar refractivity (Wildman–Crippen MR) is 222 cm³/mol. The number of unbranched alkanes of at least 4 members (excludes halogenated alkanes) is 1. The molecule has 4 rings (SSSR count). The van der Waals surface area contributed by atoms with Crippen molar-refractivity contribution in [1.82, 2.24) is 10.2 Å². The molecule has 13 heteroatoms. The third-order valence-electron chi connectivity index (χ3n) is 10.5. The zero-order valence-corrected chi connectivity index (χ0v) is 34.2. The molecule has 1 aliphatic rings. The van der Waals surface area contributed by atoms with Gasteiger partial charge in [0.15, 0.2) is 17.3 Å². The van der Waals surface area contributed by atoms with Gasteiger partial charge in [-0.25, -0.2) is 0 Å². The van der Waals surface area contributed by atoms with Crippen molar-refractivity contribution in [2.24, 2.45) is 29.0 Å². The van der Waals surface area contributed by atoms with Crippen LogP contribution in [0.3, 0.4) is 0 Å². The van der Waals surface area contributed by atoms with Gasteiger partial charge in [-0.1, -0.05) is 49.2 Å². The highest BCUT2D eigenvalue weighted by Gasteiger charge is 2.36. The van der Waals surface area contributed by atoms with Crippen LogP contribution in [0, 0.1) is 37.0 Å². The van der Waals surface area contributed by atoms with Crippen molar-refractivity contribution in [3.8, 4) is 28.7 Å². The Morgan fingerprint density at radius 3 is 2.21 bits per heavy atom. The monoisotopic (exact) mass is 794 g/mol. The van der Waals surface area contributed by atoms with Crippen molar-refractivity contribution in [3.05, 3.63) is 82.4 Å². The van der Waals surface area contributed by atoms with Gasteiger partial charge in [0.2, 0.25) is 11.8 Å². The fourth-order valence-electron chi connectivity index (χ4n) is 7.44. The van der Waals surface area contributed by atoms with Crippen molar-refractivity contribution in [2.45, 2.75) is 84.2 Å². The molecule has 2 amide bonds. The van der Waals surface area contributed by atoms with Crippen molar-refractivity contribution < 1.29 is 33.4 Å². The molecule has 3 aromatic carbocycles. The van der Waals surface area contributed by atoms with E-state index in [0.29, 0.717) is 65.1 Å². The Kier molecular flexibility index (Phi) is 17.1. The number of hydrogen-bond acceptors (Lipinski definition) is 11. The number of amides is 2. The number of likely N-dealkylation sites (N-methyl/N-ethyl adjacent to an activating group) is 1. The van der Waals surface area contributed by atoms with Gasteiger partial charge in [0, 0.05) is 74.3 Å². The molecule has 7 N–H and O–H groups in total. The number of nitrogens with one attached hydrogen (secondary N) is 1. The van der Waals surface area contributed by atoms with Crippen LogP contribution in [0.2, 0.25) is 0 Å². The number of hydrogen-bond donors (Lipinski definition) is 4. The zero-order valence-electron chi connectivity index (χ0n) is 34.2. The van der Waals surface area contributed by atoms with E-state index >= 15 is 0 Å². The lowest BCUT2D eigenvalue weighted by molar-refractivity contribution is -0.142. The minimum Gasteiger partial charge on any atom is -0.492 e. The van der Waals surface area contributed by atoms with Gasteiger partial charge in [0.1, 0.15) is 30.8 Å². The number of aryl methyl sites for hydroxylation is 2. The third-order valence-corrected chi connectivity index (χ3v) is 10.5. The third kappa shape index (κ3) is 11.8. The molecular formula is C45H58N6O7. The molecule has 4 atom stereocenters. The van der Waals surface area contributed by atoms with E-state index in [4.69, 9.17) is 26.7 Å². The summed E-state index contributed by atoms with van der Waals surface area (Å²) in [4.78, 5) is 71.7. The summed E-state index contributed by atoms with van der Waals surface area (Å²) in [7, 11) is 1.55. The van der Waals surface area contributed by atoms with Gasteiger partial charge in [0.05, 0.1) is 12.1 Å². The minimum atomic E-state index is -1.18. The Hall–Kier alpha value is -5.42. The second kappa shape index (κ2) is 21.9. The summed E-state index contributed by atoms with van der Waals surface area (Å²) < 4.78 is 12.2. The lowest BCUT2D eigenvalue weighted by atomic mass is 9.87. The number of Topliss-reactive ketones (excluding diaryl/α,β-unsaturated/α-hetero) is 3. The predicted octanol–water partition coefficient (Wildman–Crippen LogP) is 4.67. The summed E-state index contributed by atoms with van der Waals surface area (Å²) in [6.45, 7) is 6.68. The molecule has 1 aliphatic heterocycles. The number of ketones is 3. The Morgan fingerprint density at radius 1 is 0.897 bits per heavy atom. The van der Waals surface area contributed by atoms with E-state index in [2.05, 4.69) is 5.32 Å². The van der Waals surface area contributed by atoms with Crippen LogP contribution in [0.1, 0.15) is 90.5 Å². The summed E-state index contributed by atoms with van der Waals surface area (Å²) in [5.74, 6) is -2.56. The van der Waals surface area contributed by atoms with Gasteiger partial charge < -0.3 is 36.9 Å². The van der Waals surface area contributed by atoms with Crippen LogP contribution in [0.4, 0.5) is 0 Å². The van der Waals surface area contributed by atoms with Crippen LogP contribution < -0.4 is 32.0 Å². The van der Waals surface area contributed by atoms with Gasteiger partial charge in [0.25, 0.3) is 0 Å². The molecule has 0 saturated carbocycles. The molecule has 0 fully saturated rings. The summed E-state index contributed by atoms with van der Waals surface area (Å²) in [5, 5.41) is 12.1. The first-order valence-corrected chi connectivity index (χ1v) is 20.1. The standard InChI is InChI=1S/C45H58N6O7/c1-28-10-13-34(29(2)22-28)39(53)27-33(8-5-6-16-46)45(56)51(4)43-32-12-15-42(58-21-19-49)36(26-32)35-24-31(11-14-41(35)57-20-18-48)25-37(38(52)9-7-17-47)50-44(55)30(3)23-40(43)54/h10-15,22,24,26,30,33,37,43H,5-9,16,18-21,23,25,27,46,48-49H2,1-4H3,(H,50,55)/t30-,33-,37+,43+/m1/s1. The fraction of sp³-hybridized carbons (Fsp3) is 0.467. The van der Waals surface area contributed by atoms with E-state index in [0.717, 1.165) is 11.1 Å². The van der Waals surface area contributed by atoms with Crippen molar-refractivity contribution in [3.63, 3.8) is 0 Å². The lowest BCUT2D eigenvalue weighted by Gasteiger charge is -2.32. The number of nitriles is 1. The Balaban J connectivity index is 1.89. The van der Waals surface area contributed by atoms with Gasteiger partial charge in [-0.2, -0.15) is 5.26 Å².